The first-order chi connectivity index (χ1) is 14.9. The van der Waals surface area contributed by atoms with Gasteiger partial charge in [-0.3, -0.25) is 4.98 Å². The molecule has 3 N–H and O–H groups in total. The minimum Gasteiger partial charge on any atom is -0.392 e. The van der Waals surface area contributed by atoms with Crippen LogP contribution in [0.4, 0.5) is 10.3 Å². The average molecular weight is 426 g/mol. The molecular weight excluding hydrogens is 399 g/mol. The molecule has 1 fully saturated rings. The van der Waals surface area contributed by atoms with Gasteiger partial charge in [-0.2, -0.15) is 0 Å². The van der Waals surface area contributed by atoms with E-state index in [0.717, 1.165) is 33.9 Å². The molecule has 164 valence electrons. The lowest BCUT2D eigenvalue weighted by molar-refractivity contribution is -0.0136. The Hall–Kier alpha value is -2.68. The van der Waals surface area contributed by atoms with Gasteiger partial charge in [-0.1, -0.05) is 19.9 Å². The quantitative estimate of drug-likeness (QED) is 0.575. The number of halogens is 1. The summed E-state index contributed by atoms with van der Waals surface area (Å²) >= 11 is 0. The van der Waals surface area contributed by atoms with Crippen molar-refractivity contribution in [2.75, 3.05) is 18.5 Å². The molecule has 0 amide bonds. The molecule has 7 nitrogen and oxygen atoms in total. The van der Waals surface area contributed by atoms with Gasteiger partial charge in [0.2, 0.25) is 5.95 Å². The summed E-state index contributed by atoms with van der Waals surface area (Å²) in [4.78, 5) is 13.1. The molecule has 0 radical (unpaired) electrons. The van der Waals surface area contributed by atoms with Gasteiger partial charge < -0.3 is 20.3 Å². The molecule has 31 heavy (non-hydrogen) atoms. The molecule has 4 rings (SSSR count). The lowest BCUT2D eigenvalue weighted by Crippen LogP contribution is -2.42. The van der Waals surface area contributed by atoms with Gasteiger partial charge in [0.1, 0.15) is 5.69 Å². The third kappa shape index (κ3) is 4.23. The normalized spacial score (nSPS) is 19.2. The number of hydrogen-bond donors (Lipinski definition) is 3. The zero-order valence-corrected chi connectivity index (χ0v) is 17.9. The highest BCUT2D eigenvalue weighted by atomic mass is 19.1. The van der Waals surface area contributed by atoms with Crippen LogP contribution in [-0.2, 0) is 11.3 Å². The molecule has 1 aromatic carbocycles. The number of nitrogens with one attached hydrogen (secondary N) is 1. The maximum atomic E-state index is 14.7. The second-order valence-electron chi connectivity index (χ2n) is 8.21. The van der Waals surface area contributed by atoms with Gasteiger partial charge in [0.15, 0.2) is 5.82 Å². The van der Waals surface area contributed by atoms with Crippen molar-refractivity contribution in [3.63, 3.8) is 0 Å². The molecule has 3 aromatic rings. The Morgan fingerprint density at radius 1 is 1.29 bits per heavy atom. The standard InChI is InChI=1S/C23H27FN4O3/c1-12(2)21-15-8-14(4-5-18(15)26-13(3)16(21)10-29)22-17(24)9-25-23(28-22)27-19-6-7-31-11-20(19)30/h4-5,8-9,12,19-20,29-30H,6-7,10-11H2,1-3H3,(H,25,27,28)/t19-,20-/m1/s1. The molecular formula is C23H27FN4O3. The van der Waals surface area contributed by atoms with Crippen molar-refractivity contribution in [3.05, 3.63) is 47.0 Å². The second-order valence-corrected chi connectivity index (χ2v) is 8.21. The van der Waals surface area contributed by atoms with Crippen molar-refractivity contribution in [1.82, 2.24) is 15.0 Å². The summed E-state index contributed by atoms with van der Waals surface area (Å²) in [7, 11) is 0. The van der Waals surface area contributed by atoms with Gasteiger partial charge in [-0.05, 0) is 37.0 Å². The molecule has 8 heteroatoms. The van der Waals surface area contributed by atoms with E-state index in [2.05, 4.69) is 34.1 Å². The first-order valence-corrected chi connectivity index (χ1v) is 10.5. The monoisotopic (exact) mass is 426 g/mol. The van der Waals surface area contributed by atoms with Gasteiger partial charge >= 0.3 is 0 Å². The fourth-order valence-electron chi connectivity index (χ4n) is 4.16. The number of aliphatic hydroxyl groups excluding tert-OH is 2. The van der Waals surface area contributed by atoms with Crippen LogP contribution in [0.5, 0.6) is 0 Å². The van der Waals surface area contributed by atoms with Crippen LogP contribution in [0, 0.1) is 12.7 Å². The van der Waals surface area contributed by atoms with E-state index >= 15 is 0 Å². The third-order valence-electron chi connectivity index (χ3n) is 5.73. The summed E-state index contributed by atoms with van der Waals surface area (Å²) in [6.45, 7) is 6.69. The Morgan fingerprint density at radius 2 is 2.10 bits per heavy atom. The van der Waals surface area contributed by atoms with Crippen LogP contribution in [0.25, 0.3) is 22.2 Å². The van der Waals surface area contributed by atoms with Crippen molar-refractivity contribution in [2.24, 2.45) is 0 Å². The summed E-state index contributed by atoms with van der Waals surface area (Å²) in [6, 6.07) is 5.25. The van der Waals surface area contributed by atoms with Crippen molar-refractivity contribution >= 4 is 16.9 Å². The van der Waals surface area contributed by atoms with Crippen LogP contribution in [0.15, 0.2) is 24.4 Å². The number of benzene rings is 1. The van der Waals surface area contributed by atoms with Crippen LogP contribution in [0.1, 0.15) is 43.0 Å². The largest absolute Gasteiger partial charge is 0.392 e. The molecule has 0 saturated carbocycles. The Kier molecular flexibility index (Phi) is 6.13. The number of aliphatic hydroxyl groups is 2. The van der Waals surface area contributed by atoms with E-state index in [0.29, 0.717) is 18.6 Å². The van der Waals surface area contributed by atoms with Crippen molar-refractivity contribution in [2.45, 2.75) is 51.9 Å². The van der Waals surface area contributed by atoms with Crippen LogP contribution < -0.4 is 5.32 Å². The van der Waals surface area contributed by atoms with E-state index in [4.69, 9.17) is 4.74 Å². The number of nitrogens with zero attached hydrogens (tertiary/aromatic N) is 3. The van der Waals surface area contributed by atoms with E-state index in [1.807, 2.05) is 19.1 Å². The van der Waals surface area contributed by atoms with E-state index in [1.165, 1.54) is 0 Å². The Balaban J connectivity index is 1.77. The first-order valence-electron chi connectivity index (χ1n) is 10.5. The Labute approximate surface area is 180 Å². The molecule has 0 unspecified atom stereocenters. The van der Waals surface area contributed by atoms with Gasteiger partial charge in [0, 0.05) is 28.8 Å². The summed E-state index contributed by atoms with van der Waals surface area (Å²) in [5.74, 6) is -0.125. The van der Waals surface area contributed by atoms with E-state index < -0.39 is 11.9 Å². The molecule has 0 bridgehead atoms. The van der Waals surface area contributed by atoms with Crippen molar-refractivity contribution in [1.29, 1.82) is 0 Å². The molecule has 1 aliphatic heterocycles. The topological polar surface area (TPSA) is 100 Å². The molecule has 1 saturated heterocycles. The average Bonchev–Trinajstić information content (AvgIpc) is 2.75. The van der Waals surface area contributed by atoms with Crippen molar-refractivity contribution in [3.8, 4) is 11.3 Å². The predicted molar refractivity (Wildman–Crippen MR) is 116 cm³/mol. The maximum absolute atomic E-state index is 14.7. The minimum atomic E-state index is -0.675. The van der Waals surface area contributed by atoms with E-state index in [1.54, 1.807) is 6.07 Å². The van der Waals surface area contributed by atoms with Crippen molar-refractivity contribution < 1.29 is 19.3 Å². The predicted octanol–water partition coefficient (Wildman–Crippen LogP) is 3.32. The zero-order chi connectivity index (χ0) is 22.1. The Morgan fingerprint density at radius 3 is 2.81 bits per heavy atom. The van der Waals surface area contributed by atoms with Gasteiger partial charge in [-0.25, -0.2) is 14.4 Å². The second kappa shape index (κ2) is 8.82. The highest BCUT2D eigenvalue weighted by Crippen LogP contribution is 2.33. The fourth-order valence-corrected chi connectivity index (χ4v) is 4.16. The number of hydrogen-bond acceptors (Lipinski definition) is 7. The smallest absolute Gasteiger partial charge is 0.223 e. The van der Waals surface area contributed by atoms with Crippen LogP contribution in [-0.4, -0.2) is 50.5 Å². The summed E-state index contributed by atoms with van der Waals surface area (Å²) in [5, 5.41) is 24.0. The Bertz CT molecular complexity index is 1110. The minimum absolute atomic E-state index is 0.101. The highest BCUT2D eigenvalue weighted by molar-refractivity contribution is 5.88. The number of aromatic nitrogens is 3. The third-order valence-corrected chi connectivity index (χ3v) is 5.73. The van der Waals surface area contributed by atoms with E-state index in [-0.39, 0.29) is 36.8 Å². The lowest BCUT2D eigenvalue weighted by atomic mass is 9.91. The van der Waals surface area contributed by atoms with Gasteiger partial charge in [0.05, 0.1) is 37.1 Å². The fraction of sp³-hybridized carbons (Fsp3) is 0.435. The molecule has 2 aromatic heterocycles. The number of aryl methyl sites for hydroxylation is 1. The number of rotatable bonds is 5. The molecule has 0 aliphatic carbocycles. The van der Waals surface area contributed by atoms with Crippen LogP contribution in [0.3, 0.4) is 0 Å². The van der Waals surface area contributed by atoms with Gasteiger partial charge in [0.25, 0.3) is 0 Å². The van der Waals surface area contributed by atoms with Crippen LogP contribution in [0.2, 0.25) is 0 Å². The summed E-state index contributed by atoms with van der Waals surface area (Å²) in [6.07, 6.45) is 1.07. The molecule has 2 atom stereocenters. The molecule has 1 aliphatic rings. The summed E-state index contributed by atoms with van der Waals surface area (Å²) in [5.41, 5.74) is 4.16. The SMILES string of the molecule is Cc1nc2ccc(-c3nc(N[C@@H]4CCOC[C@H]4O)ncc3F)cc2c(C(C)C)c1CO. The number of ether oxygens (including phenoxy) is 1. The maximum Gasteiger partial charge on any atom is 0.223 e. The molecule has 3 heterocycles. The van der Waals surface area contributed by atoms with Gasteiger partial charge in [-0.15, -0.1) is 0 Å². The first kappa shape index (κ1) is 21.5. The summed E-state index contributed by atoms with van der Waals surface area (Å²) < 4.78 is 19.9. The number of anilines is 1. The zero-order valence-electron chi connectivity index (χ0n) is 17.9. The van der Waals surface area contributed by atoms with E-state index in [9.17, 15) is 14.6 Å². The number of fused-ring (bicyclic) bond motifs is 1. The van der Waals surface area contributed by atoms with Crippen LogP contribution >= 0.6 is 0 Å². The number of pyridine rings is 1. The lowest BCUT2D eigenvalue weighted by Gasteiger charge is -2.28. The molecule has 0 spiro atoms. The highest BCUT2D eigenvalue weighted by Gasteiger charge is 2.25.